The topological polar surface area (TPSA) is 84.9 Å². The number of nitrogens with one attached hydrogen (secondary N) is 1. The van der Waals surface area contributed by atoms with Crippen molar-refractivity contribution in [3.05, 3.63) is 22.7 Å². The number of hydrogen-bond donors (Lipinski definition) is 2. The first-order valence-electron chi connectivity index (χ1n) is 7.77. The van der Waals surface area contributed by atoms with Gasteiger partial charge in [-0.3, -0.25) is 9.59 Å². The van der Waals surface area contributed by atoms with Gasteiger partial charge in [-0.05, 0) is 31.4 Å². The Bertz CT molecular complexity index is 589. The number of rotatable bonds is 9. The van der Waals surface area contributed by atoms with E-state index in [0.717, 1.165) is 6.42 Å². The van der Waals surface area contributed by atoms with E-state index in [1.165, 1.54) is 19.2 Å². The molecular weight excluding hydrogens is 334 g/mol. The Kier molecular flexibility index (Phi) is 7.85. The van der Waals surface area contributed by atoms with Crippen molar-refractivity contribution in [1.29, 1.82) is 0 Å². The highest BCUT2D eigenvalue weighted by Crippen LogP contribution is 2.36. The van der Waals surface area contributed by atoms with E-state index in [1.807, 2.05) is 0 Å². The van der Waals surface area contributed by atoms with E-state index in [-0.39, 0.29) is 17.0 Å². The van der Waals surface area contributed by atoms with Gasteiger partial charge < -0.3 is 19.9 Å². The molecule has 1 aromatic rings. The van der Waals surface area contributed by atoms with Crippen molar-refractivity contribution in [3.8, 4) is 11.5 Å². The number of benzene rings is 1. The van der Waals surface area contributed by atoms with Crippen LogP contribution in [0.5, 0.6) is 11.5 Å². The Balaban J connectivity index is 2.88. The molecule has 134 valence electrons. The van der Waals surface area contributed by atoms with E-state index in [1.54, 1.807) is 6.92 Å². The number of carboxylic acid groups (broad SMARTS) is 1. The lowest BCUT2D eigenvalue weighted by Gasteiger charge is -2.16. The van der Waals surface area contributed by atoms with Crippen LogP contribution in [-0.2, 0) is 4.79 Å². The molecule has 0 heterocycles. The van der Waals surface area contributed by atoms with Crippen LogP contribution in [0.1, 0.15) is 44.0 Å². The van der Waals surface area contributed by atoms with Gasteiger partial charge in [0.2, 0.25) is 0 Å². The van der Waals surface area contributed by atoms with Crippen LogP contribution in [0.15, 0.2) is 12.1 Å². The maximum Gasteiger partial charge on any atom is 0.305 e. The number of amides is 1. The molecule has 2 N–H and O–H groups in total. The number of aliphatic carboxylic acids is 1. The molecule has 0 aliphatic heterocycles. The molecule has 0 fully saturated rings. The van der Waals surface area contributed by atoms with Crippen molar-refractivity contribution in [2.75, 3.05) is 13.7 Å². The molecule has 0 aliphatic rings. The van der Waals surface area contributed by atoms with Crippen molar-refractivity contribution >= 4 is 23.5 Å². The summed E-state index contributed by atoms with van der Waals surface area (Å²) in [5.74, 6) is -0.141. The van der Waals surface area contributed by atoms with Crippen LogP contribution in [0.4, 0.5) is 0 Å². The summed E-state index contributed by atoms with van der Waals surface area (Å²) in [6.07, 6.45) is 0.710. The van der Waals surface area contributed by atoms with Gasteiger partial charge in [-0.1, -0.05) is 25.4 Å². The van der Waals surface area contributed by atoms with Gasteiger partial charge in [-0.25, -0.2) is 0 Å². The summed E-state index contributed by atoms with van der Waals surface area (Å²) in [5.41, 5.74) is 0.283. The lowest BCUT2D eigenvalue weighted by molar-refractivity contribution is -0.137. The van der Waals surface area contributed by atoms with Crippen molar-refractivity contribution < 1.29 is 24.2 Å². The van der Waals surface area contributed by atoms with E-state index in [2.05, 4.69) is 19.2 Å². The first kappa shape index (κ1) is 20.1. The minimum absolute atomic E-state index is 0.160. The SMILES string of the molecule is COc1cc(C(=O)NC(C)CC(=O)O)cc(Cl)c1OCCC(C)C. The van der Waals surface area contributed by atoms with E-state index in [0.29, 0.717) is 24.0 Å². The normalized spacial score (nSPS) is 11.9. The Morgan fingerprint density at radius 1 is 1.29 bits per heavy atom. The molecule has 1 amide bonds. The number of halogens is 1. The average molecular weight is 358 g/mol. The van der Waals surface area contributed by atoms with E-state index in [4.69, 9.17) is 26.2 Å². The van der Waals surface area contributed by atoms with Gasteiger partial charge >= 0.3 is 5.97 Å². The monoisotopic (exact) mass is 357 g/mol. The molecule has 1 rings (SSSR count). The van der Waals surface area contributed by atoms with Crippen LogP contribution >= 0.6 is 11.6 Å². The Hall–Kier alpha value is -1.95. The standard InChI is InChI=1S/C17H24ClNO5/c1-10(2)5-6-24-16-13(18)8-12(9-14(16)23-4)17(22)19-11(3)7-15(20)21/h8-11H,5-7H2,1-4H3,(H,19,22)(H,20,21). The molecule has 0 aliphatic carbocycles. The average Bonchev–Trinajstić information content (AvgIpc) is 2.46. The van der Waals surface area contributed by atoms with E-state index >= 15 is 0 Å². The molecule has 0 aromatic heterocycles. The van der Waals surface area contributed by atoms with Gasteiger partial charge in [0, 0.05) is 11.6 Å². The zero-order valence-corrected chi connectivity index (χ0v) is 15.1. The molecule has 6 nitrogen and oxygen atoms in total. The van der Waals surface area contributed by atoms with Crippen molar-refractivity contribution in [3.63, 3.8) is 0 Å². The number of hydrogen-bond acceptors (Lipinski definition) is 4. The number of carboxylic acids is 1. The zero-order chi connectivity index (χ0) is 18.3. The molecule has 1 atom stereocenters. The van der Waals surface area contributed by atoms with Gasteiger partial charge in [-0.2, -0.15) is 0 Å². The van der Waals surface area contributed by atoms with Gasteiger partial charge in [0.05, 0.1) is 25.2 Å². The predicted octanol–water partition coefficient (Wildman–Crippen LogP) is 3.37. The van der Waals surface area contributed by atoms with Gasteiger partial charge in [0.1, 0.15) is 0 Å². The Labute approximate surface area is 147 Å². The lowest BCUT2D eigenvalue weighted by atomic mass is 10.1. The summed E-state index contributed by atoms with van der Waals surface area (Å²) in [6.45, 7) is 6.30. The summed E-state index contributed by atoms with van der Waals surface area (Å²) < 4.78 is 10.9. The summed E-state index contributed by atoms with van der Waals surface area (Å²) in [4.78, 5) is 22.9. The van der Waals surface area contributed by atoms with Gasteiger partial charge in [0.15, 0.2) is 11.5 Å². The third-order valence-corrected chi connectivity index (χ3v) is 3.57. The van der Waals surface area contributed by atoms with Crippen LogP contribution in [-0.4, -0.2) is 36.7 Å². The molecule has 0 saturated heterocycles. The number of ether oxygens (including phenoxy) is 2. The molecule has 0 spiro atoms. The van der Waals surface area contributed by atoms with Crippen LogP contribution in [0.2, 0.25) is 5.02 Å². The predicted molar refractivity (Wildman–Crippen MR) is 92.1 cm³/mol. The summed E-state index contributed by atoms with van der Waals surface area (Å²) in [5, 5.41) is 11.6. The van der Waals surface area contributed by atoms with Crippen molar-refractivity contribution in [2.24, 2.45) is 5.92 Å². The van der Waals surface area contributed by atoms with Crippen LogP contribution in [0.25, 0.3) is 0 Å². The second-order valence-electron chi connectivity index (χ2n) is 5.99. The summed E-state index contributed by atoms with van der Waals surface area (Å²) >= 11 is 6.21. The molecule has 7 heteroatoms. The van der Waals surface area contributed by atoms with Gasteiger partial charge in [-0.15, -0.1) is 0 Å². The minimum atomic E-state index is -0.979. The van der Waals surface area contributed by atoms with Crippen molar-refractivity contribution in [2.45, 2.75) is 39.7 Å². The van der Waals surface area contributed by atoms with Gasteiger partial charge in [0.25, 0.3) is 5.91 Å². The lowest BCUT2D eigenvalue weighted by Crippen LogP contribution is -2.34. The first-order chi connectivity index (χ1) is 11.2. The zero-order valence-electron chi connectivity index (χ0n) is 14.4. The van der Waals surface area contributed by atoms with E-state index < -0.39 is 17.9 Å². The smallest absolute Gasteiger partial charge is 0.305 e. The quantitative estimate of drug-likeness (QED) is 0.707. The molecular formula is C17H24ClNO5. The maximum absolute atomic E-state index is 12.2. The highest BCUT2D eigenvalue weighted by molar-refractivity contribution is 6.32. The largest absolute Gasteiger partial charge is 0.493 e. The second-order valence-corrected chi connectivity index (χ2v) is 6.40. The number of carbonyl (C=O) groups excluding carboxylic acids is 1. The fourth-order valence-electron chi connectivity index (χ4n) is 2.01. The summed E-state index contributed by atoms with van der Waals surface area (Å²) in [7, 11) is 1.47. The molecule has 1 aromatic carbocycles. The fraction of sp³-hybridized carbons (Fsp3) is 0.529. The first-order valence-corrected chi connectivity index (χ1v) is 8.15. The highest BCUT2D eigenvalue weighted by atomic mass is 35.5. The molecule has 0 radical (unpaired) electrons. The third-order valence-electron chi connectivity index (χ3n) is 3.29. The number of carbonyl (C=O) groups is 2. The molecule has 1 unspecified atom stereocenters. The third kappa shape index (κ3) is 6.28. The highest BCUT2D eigenvalue weighted by Gasteiger charge is 2.18. The minimum Gasteiger partial charge on any atom is -0.493 e. The van der Waals surface area contributed by atoms with Crippen molar-refractivity contribution in [1.82, 2.24) is 5.32 Å². The van der Waals surface area contributed by atoms with Crippen LogP contribution in [0.3, 0.4) is 0 Å². The van der Waals surface area contributed by atoms with Crippen LogP contribution < -0.4 is 14.8 Å². The second kappa shape index (κ2) is 9.37. The maximum atomic E-state index is 12.2. The van der Waals surface area contributed by atoms with Crippen LogP contribution in [0, 0.1) is 5.92 Å². The molecule has 0 saturated carbocycles. The summed E-state index contributed by atoms with van der Waals surface area (Å²) in [6, 6.07) is 2.51. The molecule has 24 heavy (non-hydrogen) atoms. The van der Waals surface area contributed by atoms with E-state index in [9.17, 15) is 9.59 Å². The Morgan fingerprint density at radius 2 is 1.96 bits per heavy atom. The fourth-order valence-corrected chi connectivity index (χ4v) is 2.27. The molecule has 0 bridgehead atoms. The Morgan fingerprint density at radius 3 is 2.50 bits per heavy atom. The number of methoxy groups -OCH3 is 1.